The van der Waals surface area contributed by atoms with Crippen LogP contribution in [0.4, 0.5) is 4.79 Å². The van der Waals surface area contributed by atoms with Gasteiger partial charge in [0.2, 0.25) is 0 Å². The molecule has 138 valence electrons. The number of nitrogens with zero attached hydrogens (tertiary/aromatic N) is 1. The molecule has 2 fully saturated rings. The molecule has 1 aromatic carbocycles. The number of rotatable bonds is 4. The molecular formula is C20H24N2O4. The van der Waals surface area contributed by atoms with Crippen LogP contribution in [-0.4, -0.2) is 45.9 Å². The van der Waals surface area contributed by atoms with Crippen LogP contribution in [0.25, 0.3) is 6.08 Å². The molecule has 1 aliphatic heterocycles. The van der Waals surface area contributed by atoms with Crippen molar-refractivity contribution in [1.82, 2.24) is 10.2 Å². The number of aliphatic carboxylic acids is 1. The third-order valence-corrected chi connectivity index (χ3v) is 5.66. The van der Waals surface area contributed by atoms with Gasteiger partial charge in [0, 0.05) is 24.8 Å². The predicted octanol–water partition coefficient (Wildman–Crippen LogP) is 2.55. The lowest BCUT2D eigenvalue weighted by molar-refractivity contribution is -0.149. The van der Waals surface area contributed by atoms with Crippen LogP contribution in [0, 0.1) is 11.8 Å². The van der Waals surface area contributed by atoms with Gasteiger partial charge in [0.1, 0.15) is 11.3 Å². The summed E-state index contributed by atoms with van der Waals surface area (Å²) < 4.78 is 0. The number of likely N-dealkylation sites (tertiary alicyclic amines) is 1. The Bertz CT molecular complexity index is 745. The fourth-order valence-corrected chi connectivity index (χ4v) is 4.40. The Morgan fingerprint density at radius 2 is 2.04 bits per heavy atom. The number of urea groups is 1. The first kappa shape index (κ1) is 18.2. The van der Waals surface area contributed by atoms with E-state index in [0.717, 1.165) is 5.56 Å². The maximum absolute atomic E-state index is 12.7. The Balaban J connectivity index is 2.05. The van der Waals surface area contributed by atoms with Crippen molar-refractivity contribution in [3.8, 4) is 0 Å². The van der Waals surface area contributed by atoms with Gasteiger partial charge in [-0.3, -0.25) is 4.79 Å². The van der Waals surface area contributed by atoms with Crippen molar-refractivity contribution < 1.29 is 19.5 Å². The van der Waals surface area contributed by atoms with Crippen LogP contribution in [0.5, 0.6) is 0 Å². The Morgan fingerprint density at radius 1 is 1.35 bits per heavy atom. The monoisotopic (exact) mass is 356 g/mol. The summed E-state index contributed by atoms with van der Waals surface area (Å²) in [6.45, 7) is 3.74. The number of benzene rings is 1. The molecule has 1 saturated carbocycles. The first-order valence-electron chi connectivity index (χ1n) is 8.97. The third kappa shape index (κ3) is 2.79. The molecule has 1 heterocycles. The summed E-state index contributed by atoms with van der Waals surface area (Å²) in [7, 11) is 0. The zero-order valence-electron chi connectivity index (χ0n) is 15.0. The minimum Gasteiger partial charge on any atom is -0.479 e. The maximum atomic E-state index is 12.7. The molecule has 0 bridgehead atoms. The largest absolute Gasteiger partial charge is 0.479 e. The number of carboxylic acids is 1. The van der Waals surface area contributed by atoms with Gasteiger partial charge in [0.05, 0.1) is 6.04 Å². The van der Waals surface area contributed by atoms with Crippen molar-refractivity contribution in [2.75, 3.05) is 6.54 Å². The number of hydrogen-bond donors (Lipinski definition) is 2. The van der Waals surface area contributed by atoms with Crippen molar-refractivity contribution in [3.05, 3.63) is 42.0 Å². The maximum Gasteiger partial charge on any atom is 0.329 e. The van der Waals surface area contributed by atoms with E-state index in [2.05, 4.69) is 5.32 Å². The summed E-state index contributed by atoms with van der Waals surface area (Å²) in [5.41, 5.74) is -0.462. The number of hydrogen-bond acceptors (Lipinski definition) is 3. The molecule has 2 amide bonds. The van der Waals surface area contributed by atoms with E-state index >= 15 is 0 Å². The number of Topliss-reactive ketones (excluding diaryl/α,β-unsaturated/α-hetero) is 1. The molecule has 0 aromatic heterocycles. The number of carbonyl (C=O) groups excluding carboxylic acids is 2. The van der Waals surface area contributed by atoms with E-state index in [1.807, 2.05) is 36.4 Å². The van der Waals surface area contributed by atoms with Crippen molar-refractivity contribution in [2.24, 2.45) is 11.8 Å². The highest BCUT2D eigenvalue weighted by Gasteiger charge is 2.65. The van der Waals surface area contributed by atoms with Gasteiger partial charge in [0.15, 0.2) is 0 Å². The molecule has 0 radical (unpaired) electrons. The molecule has 2 aliphatic rings. The quantitative estimate of drug-likeness (QED) is 0.868. The van der Waals surface area contributed by atoms with Gasteiger partial charge in [-0.25, -0.2) is 9.59 Å². The second kappa shape index (κ2) is 6.94. The zero-order valence-corrected chi connectivity index (χ0v) is 15.0. The Morgan fingerprint density at radius 3 is 2.65 bits per heavy atom. The van der Waals surface area contributed by atoms with Crippen LogP contribution in [0.15, 0.2) is 36.4 Å². The van der Waals surface area contributed by atoms with E-state index in [9.17, 15) is 19.5 Å². The summed E-state index contributed by atoms with van der Waals surface area (Å²) in [5, 5.41) is 12.6. The first-order chi connectivity index (χ1) is 12.4. The number of ketones is 1. The average Bonchev–Trinajstić information content (AvgIpc) is 3.12. The first-order valence-corrected chi connectivity index (χ1v) is 8.97. The Kier molecular flexibility index (Phi) is 4.85. The lowest BCUT2D eigenvalue weighted by Crippen LogP contribution is -2.58. The normalized spacial score (nSPS) is 30.6. The topological polar surface area (TPSA) is 86.7 Å². The second-order valence-corrected chi connectivity index (χ2v) is 7.06. The molecule has 1 aromatic rings. The molecule has 26 heavy (non-hydrogen) atoms. The van der Waals surface area contributed by atoms with Gasteiger partial charge in [-0.15, -0.1) is 0 Å². The summed E-state index contributed by atoms with van der Waals surface area (Å²) >= 11 is 0. The van der Waals surface area contributed by atoms with E-state index < -0.39 is 29.5 Å². The summed E-state index contributed by atoms with van der Waals surface area (Å²) in [4.78, 5) is 38.8. The van der Waals surface area contributed by atoms with E-state index in [4.69, 9.17) is 0 Å². The summed E-state index contributed by atoms with van der Waals surface area (Å²) in [6.07, 6.45) is 4.53. The fourth-order valence-electron chi connectivity index (χ4n) is 4.40. The van der Waals surface area contributed by atoms with E-state index in [1.165, 1.54) is 4.90 Å². The van der Waals surface area contributed by atoms with Crippen molar-refractivity contribution in [2.45, 2.75) is 38.3 Å². The highest BCUT2D eigenvalue weighted by atomic mass is 16.4. The lowest BCUT2D eigenvalue weighted by atomic mass is 9.81. The van der Waals surface area contributed by atoms with Crippen LogP contribution < -0.4 is 5.32 Å². The van der Waals surface area contributed by atoms with Gasteiger partial charge in [-0.05, 0) is 25.8 Å². The van der Waals surface area contributed by atoms with Crippen molar-refractivity contribution >= 4 is 23.9 Å². The number of carbonyl (C=O) groups is 3. The zero-order chi connectivity index (χ0) is 18.9. The molecule has 6 heteroatoms. The van der Waals surface area contributed by atoms with Gasteiger partial charge in [-0.2, -0.15) is 0 Å². The van der Waals surface area contributed by atoms with Crippen LogP contribution in [0.1, 0.15) is 32.3 Å². The third-order valence-electron chi connectivity index (χ3n) is 5.66. The van der Waals surface area contributed by atoms with E-state index in [1.54, 1.807) is 19.9 Å². The van der Waals surface area contributed by atoms with Crippen LogP contribution in [0.3, 0.4) is 0 Å². The summed E-state index contributed by atoms with van der Waals surface area (Å²) in [6, 6.07) is 8.55. The van der Waals surface area contributed by atoms with Gasteiger partial charge in [0.25, 0.3) is 0 Å². The number of carboxylic acid groups (broad SMARTS) is 1. The predicted molar refractivity (Wildman–Crippen MR) is 97.4 cm³/mol. The Hall–Kier alpha value is -2.63. The van der Waals surface area contributed by atoms with E-state index in [0.29, 0.717) is 19.4 Å². The molecule has 0 spiro atoms. The number of nitrogens with one attached hydrogen (secondary N) is 1. The second-order valence-electron chi connectivity index (χ2n) is 7.06. The highest BCUT2D eigenvalue weighted by molar-refractivity contribution is 5.94. The van der Waals surface area contributed by atoms with Gasteiger partial charge < -0.3 is 15.3 Å². The van der Waals surface area contributed by atoms with Crippen molar-refractivity contribution in [1.29, 1.82) is 0 Å². The SMILES string of the molecule is CCNC(=O)N1C(C=Cc2ccccc2)C2C(=O)CCC2C1(C)C(=O)O. The molecule has 1 aliphatic carbocycles. The van der Waals surface area contributed by atoms with E-state index in [-0.39, 0.29) is 11.7 Å². The Labute approximate surface area is 152 Å². The van der Waals surface area contributed by atoms with Gasteiger partial charge >= 0.3 is 12.0 Å². The van der Waals surface area contributed by atoms with Crippen molar-refractivity contribution in [3.63, 3.8) is 0 Å². The van der Waals surface area contributed by atoms with Crippen LogP contribution >= 0.6 is 0 Å². The molecule has 2 N–H and O–H groups in total. The molecule has 4 unspecified atom stereocenters. The van der Waals surface area contributed by atoms with Crippen LogP contribution in [0.2, 0.25) is 0 Å². The molecule has 1 saturated heterocycles. The molecule has 3 rings (SSSR count). The molecule has 6 nitrogen and oxygen atoms in total. The average molecular weight is 356 g/mol. The summed E-state index contributed by atoms with van der Waals surface area (Å²) in [5.74, 6) is -1.87. The molecule has 4 atom stereocenters. The number of fused-ring (bicyclic) bond motifs is 1. The highest BCUT2D eigenvalue weighted by Crippen LogP contribution is 2.51. The smallest absolute Gasteiger partial charge is 0.329 e. The lowest BCUT2D eigenvalue weighted by Gasteiger charge is -2.37. The van der Waals surface area contributed by atoms with Crippen LogP contribution in [-0.2, 0) is 9.59 Å². The minimum atomic E-state index is -1.40. The van der Waals surface area contributed by atoms with Gasteiger partial charge in [-0.1, -0.05) is 42.5 Å². The molecular weight excluding hydrogens is 332 g/mol. The number of amides is 2. The standard InChI is InChI=1S/C20H24N2O4/c1-3-21-19(26)22-15(11-9-13-7-5-4-6-8-13)17-14(10-12-16(17)23)20(22,2)18(24)25/h4-9,11,14-15,17H,3,10,12H2,1-2H3,(H,21,26)(H,24,25). The fraction of sp³-hybridized carbons (Fsp3) is 0.450. The minimum absolute atomic E-state index is 0.0389.